The molecule has 1 unspecified atom stereocenters. The molecule has 3 heterocycles. The van der Waals surface area contributed by atoms with E-state index in [1.54, 1.807) is 13.8 Å². The number of aromatic nitrogens is 2. The molecule has 1 atom stereocenters. The van der Waals surface area contributed by atoms with E-state index in [1.807, 2.05) is 24.3 Å². The minimum Gasteiger partial charge on any atom is -0.458 e. The molecule has 0 N–H and O–H groups in total. The van der Waals surface area contributed by atoms with Gasteiger partial charge in [0.15, 0.2) is 5.76 Å². The molecule has 154 valence electrons. The first-order valence-corrected chi connectivity index (χ1v) is 11.6. The lowest BCUT2D eigenvalue weighted by Gasteiger charge is -2.30. The van der Waals surface area contributed by atoms with E-state index < -0.39 is 21.9 Å². The Morgan fingerprint density at radius 2 is 2.14 bits per heavy atom. The second-order valence-electron chi connectivity index (χ2n) is 7.04. The first-order chi connectivity index (χ1) is 13.9. The van der Waals surface area contributed by atoms with Gasteiger partial charge in [-0.15, -0.1) is 11.3 Å². The number of nitrogens with zero attached hydrogens (tertiary/aromatic N) is 3. The normalized spacial score (nSPS) is 18.2. The van der Waals surface area contributed by atoms with Gasteiger partial charge < -0.3 is 9.26 Å². The largest absolute Gasteiger partial charge is 0.458 e. The number of fused-ring (bicyclic) bond motifs is 1. The molecular formula is C19H21N3O5S2. The van der Waals surface area contributed by atoms with Crippen molar-refractivity contribution in [2.75, 3.05) is 13.1 Å². The van der Waals surface area contributed by atoms with E-state index in [2.05, 4.69) is 10.1 Å². The van der Waals surface area contributed by atoms with Crippen molar-refractivity contribution in [3.8, 4) is 0 Å². The van der Waals surface area contributed by atoms with Crippen LogP contribution >= 0.6 is 11.3 Å². The van der Waals surface area contributed by atoms with Crippen LogP contribution in [0.15, 0.2) is 33.7 Å². The maximum absolute atomic E-state index is 13.0. The molecule has 0 saturated carbocycles. The zero-order valence-corrected chi connectivity index (χ0v) is 17.8. The van der Waals surface area contributed by atoms with Crippen LogP contribution in [0, 0.1) is 19.8 Å². The molecule has 4 rings (SSSR count). The number of carbonyl (C=O) groups is 1. The molecule has 2 aromatic heterocycles. The van der Waals surface area contributed by atoms with Crippen LogP contribution in [0.3, 0.4) is 0 Å². The Labute approximate surface area is 172 Å². The Morgan fingerprint density at radius 3 is 2.86 bits per heavy atom. The van der Waals surface area contributed by atoms with Gasteiger partial charge in [-0.2, -0.15) is 4.31 Å². The smallest absolute Gasteiger partial charge is 0.310 e. The SMILES string of the molecule is Cc1noc(C)c1S(=O)(=O)N1CCCC(C(=O)OCc2nc3ccccc3s2)C1. The van der Waals surface area contributed by atoms with E-state index >= 15 is 0 Å². The first kappa shape index (κ1) is 20.0. The third-order valence-electron chi connectivity index (χ3n) is 4.96. The van der Waals surface area contributed by atoms with Crippen molar-refractivity contribution < 1.29 is 22.5 Å². The first-order valence-electron chi connectivity index (χ1n) is 9.30. The van der Waals surface area contributed by atoms with Crippen molar-refractivity contribution in [1.82, 2.24) is 14.4 Å². The van der Waals surface area contributed by atoms with Crippen LogP contribution in [-0.2, 0) is 26.2 Å². The molecule has 1 aliphatic rings. The average Bonchev–Trinajstić information content (AvgIpc) is 3.28. The summed E-state index contributed by atoms with van der Waals surface area (Å²) in [6.07, 6.45) is 1.18. The maximum atomic E-state index is 13.0. The van der Waals surface area contributed by atoms with Crippen LogP contribution in [0.2, 0.25) is 0 Å². The molecule has 8 nitrogen and oxygen atoms in total. The second kappa shape index (κ2) is 7.85. The predicted molar refractivity (Wildman–Crippen MR) is 107 cm³/mol. The van der Waals surface area contributed by atoms with Gasteiger partial charge in [-0.3, -0.25) is 4.79 Å². The average molecular weight is 436 g/mol. The van der Waals surface area contributed by atoms with E-state index in [-0.39, 0.29) is 23.8 Å². The molecule has 1 aromatic carbocycles. The monoisotopic (exact) mass is 435 g/mol. The third kappa shape index (κ3) is 3.92. The molecule has 0 spiro atoms. The highest BCUT2D eigenvalue weighted by molar-refractivity contribution is 7.89. The lowest BCUT2D eigenvalue weighted by Crippen LogP contribution is -2.43. The second-order valence-corrected chi connectivity index (χ2v) is 10.0. The van der Waals surface area contributed by atoms with Crippen molar-refractivity contribution in [3.05, 3.63) is 40.7 Å². The number of esters is 1. The zero-order valence-electron chi connectivity index (χ0n) is 16.1. The lowest BCUT2D eigenvalue weighted by atomic mass is 10.0. The number of rotatable bonds is 5. The molecule has 0 bridgehead atoms. The third-order valence-corrected chi connectivity index (χ3v) is 8.08. The Kier molecular flexibility index (Phi) is 5.41. The van der Waals surface area contributed by atoms with Crippen molar-refractivity contribution in [1.29, 1.82) is 0 Å². The Morgan fingerprint density at radius 1 is 1.34 bits per heavy atom. The van der Waals surface area contributed by atoms with Gasteiger partial charge in [0.05, 0.1) is 16.1 Å². The van der Waals surface area contributed by atoms with E-state index in [0.29, 0.717) is 25.1 Å². The fraction of sp³-hybridized carbons (Fsp3) is 0.421. The molecule has 29 heavy (non-hydrogen) atoms. The number of para-hydroxylation sites is 1. The predicted octanol–water partition coefficient (Wildman–Crippen LogP) is 3.05. The highest BCUT2D eigenvalue weighted by atomic mass is 32.2. The van der Waals surface area contributed by atoms with Crippen LogP contribution in [0.25, 0.3) is 10.2 Å². The molecule has 10 heteroatoms. The molecule has 1 saturated heterocycles. The summed E-state index contributed by atoms with van der Waals surface area (Å²) in [5, 5.41) is 4.45. The number of benzene rings is 1. The van der Waals surface area contributed by atoms with Gasteiger partial charge in [0.25, 0.3) is 0 Å². The quantitative estimate of drug-likeness (QED) is 0.568. The van der Waals surface area contributed by atoms with Crippen molar-refractivity contribution in [3.63, 3.8) is 0 Å². The molecular weight excluding hydrogens is 414 g/mol. The highest BCUT2D eigenvalue weighted by Gasteiger charge is 2.37. The van der Waals surface area contributed by atoms with E-state index in [9.17, 15) is 13.2 Å². The number of sulfonamides is 1. The number of carbonyl (C=O) groups excluding carboxylic acids is 1. The molecule has 0 amide bonds. The maximum Gasteiger partial charge on any atom is 0.310 e. The number of ether oxygens (including phenoxy) is 1. The fourth-order valence-electron chi connectivity index (χ4n) is 3.56. The van der Waals surface area contributed by atoms with E-state index in [1.165, 1.54) is 15.6 Å². The Bertz CT molecular complexity index is 1100. The van der Waals surface area contributed by atoms with Gasteiger partial charge >= 0.3 is 5.97 Å². The van der Waals surface area contributed by atoms with Crippen molar-refractivity contribution >= 4 is 37.5 Å². The highest BCUT2D eigenvalue weighted by Crippen LogP contribution is 2.28. The topological polar surface area (TPSA) is 103 Å². The summed E-state index contributed by atoms with van der Waals surface area (Å²) in [6.45, 7) is 3.70. The van der Waals surface area contributed by atoms with Crippen LogP contribution in [0.1, 0.15) is 29.3 Å². The van der Waals surface area contributed by atoms with Crippen molar-refractivity contribution in [2.45, 2.75) is 38.2 Å². The van der Waals surface area contributed by atoms with Gasteiger partial charge in [0, 0.05) is 13.1 Å². The summed E-state index contributed by atoms with van der Waals surface area (Å²) >= 11 is 1.48. The molecule has 1 aliphatic heterocycles. The number of hydrogen-bond acceptors (Lipinski definition) is 8. The Hall–Kier alpha value is -2.30. The summed E-state index contributed by atoms with van der Waals surface area (Å²) in [5.74, 6) is -0.653. The minimum absolute atomic E-state index is 0.0843. The molecule has 3 aromatic rings. The molecule has 0 aliphatic carbocycles. The summed E-state index contributed by atoms with van der Waals surface area (Å²) in [5.41, 5.74) is 1.20. The number of hydrogen-bond donors (Lipinski definition) is 0. The van der Waals surface area contributed by atoms with E-state index in [4.69, 9.17) is 9.26 Å². The van der Waals surface area contributed by atoms with Gasteiger partial charge in [-0.05, 0) is 38.8 Å². The number of aryl methyl sites for hydroxylation is 2. The van der Waals surface area contributed by atoms with Gasteiger partial charge in [-0.1, -0.05) is 17.3 Å². The summed E-state index contributed by atoms with van der Waals surface area (Å²) in [6, 6.07) is 7.73. The summed E-state index contributed by atoms with van der Waals surface area (Å²) < 4.78 is 38.8. The standard InChI is InChI=1S/C19H21N3O5S2/c1-12-18(13(2)27-21-12)29(24,25)22-9-5-6-14(10-22)19(23)26-11-17-20-15-7-3-4-8-16(15)28-17/h3-4,7-8,14H,5-6,9-11H2,1-2H3. The zero-order chi connectivity index (χ0) is 20.6. The lowest BCUT2D eigenvalue weighted by molar-refractivity contribution is -0.151. The van der Waals surface area contributed by atoms with Gasteiger partial charge in [0.2, 0.25) is 10.0 Å². The minimum atomic E-state index is -3.77. The van der Waals surface area contributed by atoms with Crippen LogP contribution in [0.5, 0.6) is 0 Å². The summed E-state index contributed by atoms with van der Waals surface area (Å²) in [7, 11) is -3.77. The number of piperidine rings is 1. The van der Waals surface area contributed by atoms with Crippen LogP contribution < -0.4 is 0 Å². The van der Waals surface area contributed by atoms with Crippen molar-refractivity contribution in [2.24, 2.45) is 5.92 Å². The summed E-state index contributed by atoms with van der Waals surface area (Å²) in [4.78, 5) is 17.1. The van der Waals surface area contributed by atoms with Crippen LogP contribution in [-0.4, -0.2) is 41.9 Å². The molecule has 1 fully saturated rings. The van der Waals surface area contributed by atoms with Gasteiger partial charge in [-0.25, -0.2) is 13.4 Å². The van der Waals surface area contributed by atoms with Gasteiger partial charge in [0.1, 0.15) is 22.2 Å². The Balaban J connectivity index is 1.43. The van der Waals surface area contributed by atoms with E-state index in [0.717, 1.165) is 15.2 Å². The number of thiazole rings is 1. The fourth-order valence-corrected chi connectivity index (χ4v) is 6.25. The molecule has 0 radical (unpaired) electrons. The van der Waals surface area contributed by atoms with Crippen LogP contribution in [0.4, 0.5) is 0 Å².